The van der Waals surface area contributed by atoms with Crippen molar-refractivity contribution in [2.75, 3.05) is 19.8 Å². The van der Waals surface area contributed by atoms with Crippen LogP contribution < -0.4 is 0 Å². The first kappa shape index (κ1) is 13.1. The van der Waals surface area contributed by atoms with Gasteiger partial charge in [-0.1, -0.05) is 0 Å². The third-order valence-electron chi connectivity index (χ3n) is 2.02. The lowest BCUT2D eigenvalue weighted by Crippen LogP contribution is -2.48. The Morgan fingerprint density at radius 3 is 1.85 bits per heavy atom. The van der Waals surface area contributed by atoms with Crippen LogP contribution >= 0.6 is 0 Å². The molecular weight excluding hydrogens is 184 g/mol. The number of ether oxygens (including phenoxy) is 3. The summed E-state index contributed by atoms with van der Waals surface area (Å²) in [4.78, 5) is 0. The van der Waals surface area contributed by atoms with E-state index in [-0.39, 0.29) is 6.10 Å². The van der Waals surface area contributed by atoms with E-state index < -0.39 is 5.41 Å². The zero-order chi connectivity index (χ0) is 10.3. The predicted molar refractivity (Wildman–Crippen MR) is 57.0 cm³/mol. The van der Waals surface area contributed by atoms with E-state index >= 15 is 0 Å². The largest absolute Gasteiger partial charge is 0.374 e. The average Bonchev–Trinajstić information content (AvgIpc) is 2.05. The molecule has 1 unspecified atom stereocenters. The van der Waals surface area contributed by atoms with Crippen LogP contribution in [0, 0.1) is 0 Å². The Hall–Kier alpha value is 0.0969. The van der Waals surface area contributed by atoms with Crippen LogP contribution in [0.5, 0.6) is 0 Å². The molecule has 4 heteroatoms. The van der Waals surface area contributed by atoms with E-state index in [9.17, 15) is 0 Å². The lowest BCUT2D eigenvalue weighted by molar-refractivity contribution is -0.230. The van der Waals surface area contributed by atoms with Gasteiger partial charge in [0.1, 0.15) is 6.10 Å². The molecule has 0 saturated heterocycles. The second-order valence-corrected chi connectivity index (χ2v) is 4.37. The zero-order valence-corrected chi connectivity index (χ0v) is 11.4. The summed E-state index contributed by atoms with van der Waals surface area (Å²) in [5, 5.41) is 0. The van der Waals surface area contributed by atoms with Crippen LogP contribution in [0.4, 0.5) is 0 Å². The van der Waals surface area contributed by atoms with Crippen LogP contribution in [-0.4, -0.2) is 41.6 Å². The van der Waals surface area contributed by atoms with Gasteiger partial charge in [0.15, 0.2) is 5.41 Å². The Kier molecular flexibility index (Phi) is 6.58. The first-order valence-electron chi connectivity index (χ1n) is 5.00. The first-order valence-corrected chi connectivity index (χ1v) is 6.00. The molecule has 0 bridgehead atoms. The molecule has 0 aliphatic rings. The van der Waals surface area contributed by atoms with Gasteiger partial charge in [-0.2, -0.15) is 0 Å². The minimum atomic E-state index is -0.473. The minimum Gasteiger partial charge on any atom is -0.374 e. The molecule has 0 N–H and O–H groups in total. The summed E-state index contributed by atoms with van der Waals surface area (Å²) in [6, 6.07) is 0. The molecule has 0 aromatic heterocycles. The van der Waals surface area contributed by atoms with Gasteiger partial charge in [-0.25, -0.2) is 0 Å². The SMILES string of the molecule is CCOC(C)C([SiH3])(OCC)OCC. The van der Waals surface area contributed by atoms with Gasteiger partial charge in [0, 0.05) is 19.8 Å². The maximum atomic E-state index is 5.60. The predicted octanol–water partition coefficient (Wildman–Crippen LogP) is 0.504. The Labute approximate surface area is 84.2 Å². The van der Waals surface area contributed by atoms with Crippen LogP contribution in [-0.2, 0) is 14.2 Å². The molecule has 0 aliphatic carbocycles. The van der Waals surface area contributed by atoms with Crippen LogP contribution in [0.15, 0.2) is 0 Å². The monoisotopic (exact) mass is 206 g/mol. The van der Waals surface area contributed by atoms with Crippen molar-refractivity contribution in [1.82, 2.24) is 0 Å². The van der Waals surface area contributed by atoms with E-state index in [4.69, 9.17) is 14.2 Å². The summed E-state index contributed by atoms with van der Waals surface area (Å²) in [5.74, 6) is 0. The van der Waals surface area contributed by atoms with Crippen molar-refractivity contribution in [1.29, 1.82) is 0 Å². The fraction of sp³-hybridized carbons (Fsp3) is 1.00. The van der Waals surface area contributed by atoms with Gasteiger partial charge in [0.05, 0.1) is 10.2 Å². The van der Waals surface area contributed by atoms with Crippen molar-refractivity contribution in [3.05, 3.63) is 0 Å². The van der Waals surface area contributed by atoms with Crippen molar-refractivity contribution in [2.45, 2.75) is 39.2 Å². The quantitative estimate of drug-likeness (QED) is 0.448. The summed E-state index contributed by atoms with van der Waals surface area (Å²) in [5.41, 5.74) is -0.473. The molecule has 0 rings (SSSR count). The molecule has 13 heavy (non-hydrogen) atoms. The average molecular weight is 206 g/mol. The molecule has 0 saturated carbocycles. The van der Waals surface area contributed by atoms with Crippen LogP contribution in [0.2, 0.25) is 0 Å². The number of hydrogen-bond acceptors (Lipinski definition) is 3. The van der Waals surface area contributed by atoms with E-state index in [0.717, 1.165) is 10.2 Å². The van der Waals surface area contributed by atoms with Crippen LogP contribution in [0.1, 0.15) is 27.7 Å². The highest BCUT2D eigenvalue weighted by atomic mass is 28.1. The van der Waals surface area contributed by atoms with E-state index in [1.807, 2.05) is 27.7 Å². The van der Waals surface area contributed by atoms with Crippen molar-refractivity contribution < 1.29 is 14.2 Å². The first-order chi connectivity index (χ1) is 6.10. The molecule has 0 spiro atoms. The molecule has 0 radical (unpaired) electrons. The summed E-state index contributed by atoms with van der Waals surface area (Å²) < 4.78 is 16.7. The van der Waals surface area contributed by atoms with E-state index in [2.05, 4.69) is 0 Å². The van der Waals surface area contributed by atoms with Gasteiger partial charge in [0.2, 0.25) is 0 Å². The van der Waals surface area contributed by atoms with Crippen molar-refractivity contribution >= 4 is 10.2 Å². The molecule has 0 aromatic carbocycles. The Balaban J connectivity index is 4.18. The molecule has 0 fully saturated rings. The van der Waals surface area contributed by atoms with Gasteiger partial charge in [0.25, 0.3) is 0 Å². The van der Waals surface area contributed by atoms with Crippen LogP contribution in [0.3, 0.4) is 0 Å². The Morgan fingerprint density at radius 2 is 1.54 bits per heavy atom. The van der Waals surface area contributed by atoms with Gasteiger partial charge in [-0.05, 0) is 27.7 Å². The molecule has 80 valence electrons. The lowest BCUT2D eigenvalue weighted by Gasteiger charge is -2.34. The van der Waals surface area contributed by atoms with Crippen molar-refractivity contribution in [3.63, 3.8) is 0 Å². The second-order valence-electron chi connectivity index (χ2n) is 2.98. The fourth-order valence-corrected chi connectivity index (χ4v) is 1.99. The summed E-state index contributed by atoms with van der Waals surface area (Å²) in [7, 11) is 0.816. The zero-order valence-electron chi connectivity index (χ0n) is 9.42. The van der Waals surface area contributed by atoms with Gasteiger partial charge in [-0.3, -0.25) is 0 Å². The molecule has 1 atom stereocenters. The fourth-order valence-electron chi connectivity index (χ4n) is 1.25. The van der Waals surface area contributed by atoms with Crippen molar-refractivity contribution in [2.24, 2.45) is 0 Å². The smallest absolute Gasteiger partial charge is 0.166 e. The standard InChI is InChI=1S/C9H22O3Si/c1-5-10-8(4)9(13,11-6-2)12-7-3/h8H,5-7H2,1-4,13H3. The molecule has 0 heterocycles. The maximum absolute atomic E-state index is 5.60. The third kappa shape index (κ3) is 4.22. The normalized spacial score (nSPS) is 14.8. The van der Waals surface area contributed by atoms with Crippen molar-refractivity contribution in [3.8, 4) is 0 Å². The highest BCUT2D eigenvalue weighted by molar-refractivity contribution is 6.13. The maximum Gasteiger partial charge on any atom is 0.166 e. The highest BCUT2D eigenvalue weighted by Crippen LogP contribution is 2.16. The topological polar surface area (TPSA) is 27.7 Å². The second kappa shape index (κ2) is 6.54. The minimum absolute atomic E-state index is 0.0177. The van der Waals surface area contributed by atoms with E-state index in [0.29, 0.717) is 19.8 Å². The highest BCUT2D eigenvalue weighted by Gasteiger charge is 2.32. The molecule has 0 aromatic rings. The van der Waals surface area contributed by atoms with Gasteiger partial charge < -0.3 is 14.2 Å². The molecule has 3 nitrogen and oxygen atoms in total. The van der Waals surface area contributed by atoms with E-state index in [1.165, 1.54) is 0 Å². The molecule has 0 amide bonds. The molecular formula is C9H22O3Si. The van der Waals surface area contributed by atoms with E-state index in [1.54, 1.807) is 0 Å². The summed E-state index contributed by atoms with van der Waals surface area (Å²) in [6.45, 7) is 9.97. The Morgan fingerprint density at radius 1 is 1.08 bits per heavy atom. The number of rotatable bonds is 7. The Bertz CT molecular complexity index is 124. The van der Waals surface area contributed by atoms with Crippen LogP contribution in [0.25, 0.3) is 0 Å². The van der Waals surface area contributed by atoms with Gasteiger partial charge in [-0.15, -0.1) is 0 Å². The van der Waals surface area contributed by atoms with Gasteiger partial charge >= 0.3 is 0 Å². The molecule has 0 aliphatic heterocycles. The summed E-state index contributed by atoms with van der Waals surface area (Å²) >= 11 is 0. The number of hydrogen-bond donors (Lipinski definition) is 0. The third-order valence-corrected chi connectivity index (χ3v) is 3.41. The lowest BCUT2D eigenvalue weighted by atomic mass is 10.4. The summed E-state index contributed by atoms with van der Waals surface area (Å²) in [6.07, 6.45) is 0.0177.